The number of aliphatic carboxylic acids is 8. The molecule has 0 amide bonds. The quantitative estimate of drug-likeness (QED) is 0.105. The van der Waals surface area contributed by atoms with E-state index in [1.165, 1.54) is 0 Å². The first-order valence-corrected chi connectivity index (χ1v) is 26.5. The Kier molecular flexibility index (Phi) is 58.6. The number of carbonyl (C=O) groups is 8. The summed E-state index contributed by atoms with van der Waals surface area (Å²) < 4.78 is 0. The Morgan fingerprint density at radius 2 is 0.380 bits per heavy atom. The SMILES string of the molecule is CC(O)C(=O)[O-].CC(O)C(=O)[O-].CC(O)C(=O)[O-].CC([O-])C(=O)[O-].O=C([O-])C1(O)CCCCCCCC1.O=C([O-])C1(O)CCCCCCCC1.O=C([O-])C1(O)CCCCCCCC1.O=C([O-])C1(O)CCCCCCCC1.[NH4+].[Ti+4].[Ti+4]. The van der Waals surface area contributed by atoms with Crippen LogP contribution in [-0.4, -0.2) is 130 Å². The number of aliphatic hydroxyl groups is 7. The van der Waals surface area contributed by atoms with Gasteiger partial charge in [-0.3, -0.25) is 0 Å². The van der Waals surface area contributed by atoms with Crippen LogP contribution in [0.5, 0.6) is 0 Å². The number of hydrogen-bond acceptors (Lipinski definition) is 24. The smallest absolute Gasteiger partial charge is 0.848 e. The van der Waals surface area contributed by atoms with Gasteiger partial charge in [0.15, 0.2) is 0 Å². The molecule has 0 aromatic heterocycles. The number of aliphatic hydroxyl groups excluding tert-OH is 3. The van der Waals surface area contributed by atoms with E-state index in [0.29, 0.717) is 51.4 Å². The van der Waals surface area contributed by atoms with Crippen LogP contribution in [0.2, 0.25) is 0 Å². The Hall–Kier alpha value is -3.17. The summed E-state index contributed by atoms with van der Waals surface area (Å²) in [7, 11) is 0. The van der Waals surface area contributed by atoms with Crippen LogP contribution in [0, 0.1) is 0 Å². The van der Waals surface area contributed by atoms with Gasteiger partial charge in [0.05, 0.1) is 60.1 Å². The van der Waals surface area contributed by atoms with Gasteiger partial charge in [0, 0.05) is 5.97 Å². The Balaban J connectivity index is -0.000000153. The minimum absolute atomic E-state index is 0. The van der Waals surface area contributed by atoms with E-state index in [-0.39, 0.29) is 49.6 Å². The molecule has 4 rings (SSSR count). The van der Waals surface area contributed by atoms with Gasteiger partial charge in [-0.2, -0.15) is 0 Å². The maximum absolute atomic E-state index is 10.7. The molecule has 0 heterocycles. The first-order valence-electron chi connectivity index (χ1n) is 26.5. The third-order valence-electron chi connectivity index (χ3n) is 12.6. The Labute approximate surface area is 495 Å². The maximum atomic E-state index is 10.7. The van der Waals surface area contributed by atoms with Crippen molar-refractivity contribution >= 4 is 47.8 Å². The second-order valence-electron chi connectivity index (χ2n) is 19.7. The molecule has 0 bridgehead atoms. The van der Waals surface area contributed by atoms with Crippen molar-refractivity contribution in [3.8, 4) is 0 Å². The molecular formula is C52H91NO24Ti2. The van der Waals surface area contributed by atoms with E-state index in [9.17, 15) is 105 Å². The van der Waals surface area contributed by atoms with E-state index < -0.39 is 94.6 Å². The fourth-order valence-corrected chi connectivity index (χ4v) is 7.48. The van der Waals surface area contributed by atoms with Gasteiger partial charge in [0.2, 0.25) is 0 Å². The molecule has 4 aliphatic carbocycles. The molecule has 4 aliphatic rings. The van der Waals surface area contributed by atoms with Crippen LogP contribution in [0.1, 0.15) is 233 Å². The number of hydrogen-bond donors (Lipinski definition) is 8. The molecule has 0 radical (unpaired) electrons. The Bertz CT molecular complexity index is 1360. The molecule has 0 aromatic carbocycles. The summed E-state index contributed by atoms with van der Waals surface area (Å²) in [6, 6.07) is 0. The monoisotopic (exact) mass is 1210 g/mol. The van der Waals surface area contributed by atoms with Crippen LogP contribution < -0.4 is 52.1 Å². The second-order valence-corrected chi connectivity index (χ2v) is 19.7. The van der Waals surface area contributed by atoms with Crippen molar-refractivity contribution < 1.29 is 163 Å². The first kappa shape index (κ1) is 89.6. The van der Waals surface area contributed by atoms with E-state index in [1.807, 2.05) is 0 Å². The molecule has 4 saturated carbocycles. The minimum atomic E-state index is -1.59. The van der Waals surface area contributed by atoms with Crippen LogP contribution in [0.4, 0.5) is 0 Å². The summed E-state index contributed by atoms with van der Waals surface area (Å²) in [6.45, 7) is 4.43. The third-order valence-corrected chi connectivity index (χ3v) is 12.6. The molecule has 4 unspecified atom stereocenters. The van der Waals surface area contributed by atoms with Crippen molar-refractivity contribution in [3.05, 3.63) is 0 Å². The fraction of sp³-hybridized carbons (Fsp3) is 0.846. The van der Waals surface area contributed by atoms with Gasteiger partial charge in [-0.15, -0.1) is 0 Å². The molecule has 0 aliphatic heterocycles. The fourth-order valence-electron chi connectivity index (χ4n) is 7.48. The van der Waals surface area contributed by atoms with Crippen molar-refractivity contribution in [2.75, 3.05) is 0 Å². The molecule has 27 heteroatoms. The van der Waals surface area contributed by atoms with Gasteiger partial charge in [-0.1, -0.05) is 167 Å². The summed E-state index contributed by atoms with van der Waals surface area (Å²) in [5, 5.41) is 152. The Morgan fingerprint density at radius 1 is 0.291 bits per heavy atom. The summed E-state index contributed by atoms with van der Waals surface area (Å²) in [4.78, 5) is 80.1. The average Bonchev–Trinajstić information content (AvgIpc) is 3.65. The molecular weight excluding hydrogens is 1120 g/mol. The van der Waals surface area contributed by atoms with E-state index in [2.05, 4.69) is 0 Å². The van der Waals surface area contributed by atoms with Crippen LogP contribution in [-0.2, 0) is 81.8 Å². The van der Waals surface area contributed by atoms with Crippen molar-refractivity contribution in [2.45, 2.75) is 280 Å². The molecule has 0 aromatic rings. The first-order chi connectivity index (χ1) is 35.2. The second kappa shape index (κ2) is 51.7. The molecule has 11 N–H and O–H groups in total. The number of carboxylic acid groups (broad SMARTS) is 8. The summed E-state index contributed by atoms with van der Waals surface area (Å²) in [5.41, 5.74) is -6.20. The summed E-state index contributed by atoms with van der Waals surface area (Å²) in [5.74, 6) is -11.0. The zero-order valence-electron chi connectivity index (χ0n) is 47.0. The van der Waals surface area contributed by atoms with Gasteiger partial charge < -0.3 is 126 Å². The van der Waals surface area contributed by atoms with Crippen LogP contribution in [0.25, 0.3) is 0 Å². The summed E-state index contributed by atoms with van der Waals surface area (Å²) in [6.07, 6.45) is 21.0. The zero-order chi connectivity index (χ0) is 59.6. The van der Waals surface area contributed by atoms with Crippen molar-refractivity contribution in [3.63, 3.8) is 0 Å². The summed E-state index contributed by atoms with van der Waals surface area (Å²) >= 11 is 0. The van der Waals surface area contributed by atoms with Crippen molar-refractivity contribution in [1.82, 2.24) is 6.15 Å². The van der Waals surface area contributed by atoms with Crippen molar-refractivity contribution in [1.29, 1.82) is 0 Å². The van der Waals surface area contributed by atoms with Crippen LogP contribution in [0.15, 0.2) is 0 Å². The van der Waals surface area contributed by atoms with E-state index in [1.54, 1.807) is 0 Å². The van der Waals surface area contributed by atoms with Gasteiger partial charge in [0.1, 0.15) is 22.4 Å². The predicted molar refractivity (Wildman–Crippen MR) is 258 cm³/mol. The molecule has 25 nitrogen and oxygen atoms in total. The van der Waals surface area contributed by atoms with Gasteiger partial charge in [-0.05, 0) is 72.1 Å². The van der Waals surface area contributed by atoms with Gasteiger partial charge >= 0.3 is 43.4 Å². The van der Waals surface area contributed by atoms with E-state index >= 15 is 0 Å². The predicted octanol–water partition coefficient (Wildman–Crippen LogP) is -5.39. The topological polar surface area (TPSA) is 522 Å². The normalized spacial score (nSPS) is 20.0. The molecule has 0 saturated heterocycles. The van der Waals surface area contributed by atoms with E-state index in [0.717, 1.165) is 182 Å². The number of carboxylic acids is 8. The number of quaternary nitrogens is 1. The number of carbonyl (C=O) groups excluding carboxylic acids is 8. The van der Waals surface area contributed by atoms with Crippen LogP contribution in [0.3, 0.4) is 0 Å². The van der Waals surface area contributed by atoms with Crippen molar-refractivity contribution in [2.24, 2.45) is 0 Å². The molecule has 4 fully saturated rings. The largest absolute Gasteiger partial charge is 4.00 e. The molecule has 456 valence electrons. The Morgan fingerprint density at radius 3 is 0.443 bits per heavy atom. The number of rotatable bonds is 8. The third kappa shape index (κ3) is 50.3. The molecule has 4 atom stereocenters. The van der Waals surface area contributed by atoms with E-state index in [4.69, 9.17) is 15.3 Å². The minimum Gasteiger partial charge on any atom is -0.848 e. The standard InChI is InChI=1S/4C10H18O3.3C3H6O3.C3H5O3.H3N.2Ti/c4*11-9(12)10(13)7-5-3-1-2-4-6-8-10;4*1-2(4)3(5)6;;;/h4*13H,1-8H2,(H,11,12);3*2,4H,1H3,(H,5,6);2H,1H3,(H,5,6);1H3;;/q;;;;;;;-1;;2*+4/p-7. The molecule has 0 spiro atoms. The molecule has 79 heavy (non-hydrogen) atoms. The maximum Gasteiger partial charge on any atom is 4.00 e. The van der Waals surface area contributed by atoms with Gasteiger partial charge in [-0.25, -0.2) is 0 Å². The van der Waals surface area contributed by atoms with Crippen LogP contribution >= 0.6 is 0 Å². The average molecular weight is 1210 g/mol. The van der Waals surface area contributed by atoms with Gasteiger partial charge in [0.25, 0.3) is 0 Å². The zero-order valence-corrected chi connectivity index (χ0v) is 50.1.